The maximum Gasteiger partial charge on any atom is 0.227 e. The van der Waals surface area contributed by atoms with E-state index in [0.29, 0.717) is 11.5 Å². The Morgan fingerprint density at radius 2 is 1.09 bits per heavy atom. The van der Waals surface area contributed by atoms with Gasteiger partial charge in [-0.15, -0.1) is 0 Å². The molecular weight excluding hydrogens is 574 g/mol. The van der Waals surface area contributed by atoms with Crippen molar-refractivity contribution < 1.29 is 4.42 Å². The van der Waals surface area contributed by atoms with E-state index in [1.807, 2.05) is 54.6 Å². The molecule has 0 fully saturated rings. The summed E-state index contributed by atoms with van der Waals surface area (Å²) in [4.78, 5) is 14.7. The normalized spacial score (nSPS) is 11.8. The molecule has 0 unspecified atom stereocenters. The van der Waals surface area contributed by atoms with E-state index in [9.17, 15) is 0 Å². The summed E-state index contributed by atoms with van der Waals surface area (Å²) in [5.74, 6) is 0.677. The number of fused-ring (bicyclic) bond motifs is 6. The van der Waals surface area contributed by atoms with E-state index in [1.54, 1.807) is 6.20 Å². The molecule has 0 spiro atoms. The predicted octanol–water partition coefficient (Wildman–Crippen LogP) is 11.2. The van der Waals surface area contributed by atoms with Gasteiger partial charge < -0.3 is 4.42 Å². The monoisotopic (exact) mass is 599 g/mol. The van der Waals surface area contributed by atoms with Gasteiger partial charge in [-0.05, 0) is 68.4 Å². The molecule has 10 rings (SSSR count). The van der Waals surface area contributed by atoms with Gasteiger partial charge in [-0.25, -0.2) is 15.0 Å². The van der Waals surface area contributed by atoms with Crippen LogP contribution in [0.4, 0.5) is 0 Å². The third kappa shape index (κ3) is 3.98. The summed E-state index contributed by atoms with van der Waals surface area (Å²) >= 11 is 0. The van der Waals surface area contributed by atoms with Crippen LogP contribution in [0.5, 0.6) is 0 Å². The quantitative estimate of drug-likeness (QED) is 0.202. The molecule has 3 heterocycles. The van der Waals surface area contributed by atoms with E-state index in [4.69, 9.17) is 14.4 Å². The van der Waals surface area contributed by atoms with Crippen LogP contribution in [0.25, 0.3) is 100 Å². The Bertz CT molecular complexity index is 2590. The van der Waals surface area contributed by atoms with Gasteiger partial charge in [-0.1, -0.05) is 121 Å². The highest BCUT2D eigenvalue weighted by Gasteiger charge is 2.23. The smallest absolute Gasteiger partial charge is 0.227 e. The van der Waals surface area contributed by atoms with E-state index in [1.165, 1.54) is 38.6 Å². The van der Waals surface area contributed by atoms with Crippen LogP contribution >= 0.6 is 0 Å². The maximum atomic E-state index is 6.47. The molecule has 47 heavy (non-hydrogen) atoms. The average molecular weight is 600 g/mol. The molecular formula is C43H25N3O. The summed E-state index contributed by atoms with van der Waals surface area (Å²) in [5, 5.41) is 4.51. The Hall–Kier alpha value is -6.39. The minimum absolute atomic E-state index is 0.589. The van der Waals surface area contributed by atoms with Crippen LogP contribution in [0.15, 0.2) is 156 Å². The number of nitrogens with zero attached hydrogens (tertiary/aromatic N) is 3. The zero-order chi connectivity index (χ0) is 30.9. The van der Waals surface area contributed by atoms with Crippen molar-refractivity contribution in [3.8, 4) is 67.3 Å². The summed E-state index contributed by atoms with van der Waals surface area (Å²) in [6, 6.07) is 50.8. The lowest BCUT2D eigenvalue weighted by Crippen LogP contribution is -1.96. The van der Waals surface area contributed by atoms with E-state index < -0.39 is 0 Å². The lowest BCUT2D eigenvalue weighted by Gasteiger charge is -2.10. The molecule has 1 aliphatic carbocycles. The lowest BCUT2D eigenvalue weighted by molar-refractivity contribution is 0.654. The Labute approximate surface area is 270 Å². The van der Waals surface area contributed by atoms with Gasteiger partial charge in [0.25, 0.3) is 0 Å². The maximum absolute atomic E-state index is 6.47. The van der Waals surface area contributed by atoms with Crippen LogP contribution in [0.2, 0.25) is 0 Å². The van der Waals surface area contributed by atoms with Gasteiger partial charge in [0, 0.05) is 28.3 Å². The fraction of sp³-hybridized carbons (Fsp3) is 0. The van der Waals surface area contributed by atoms with Crippen LogP contribution in [0.3, 0.4) is 0 Å². The predicted molar refractivity (Wildman–Crippen MR) is 191 cm³/mol. The lowest BCUT2D eigenvalue weighted by atomic mass is 9.93. The molecule has 6 aromatic carbocycles. The van der Waals surface area contributed by atoms with Gasteiger partial charge >= 0.3 is 0 Å². The number of rotatable bonds is 4. The van der Waals surface area contributed by atoms with E-state index in [-0.39, 0.29) is 0 Å². The van der Waals surface area contributed by atoms with Gasteiger partial charge in [0.15, 0.2) is 5.82 Å². The molecule has 0 aliphatic heterocycles. The van der Waals surface area contributed by atoms with Gasteiger partial charge in [-0.2, -0.15) is 0 Å². The molecule has 4 heteroatoms. The Morgan fingerprint density at radius 3 is 1.89 bits per heavy atom. The molecule has 9 aromatic rings. The van der Waals surface area contributed by atoms with Gasteiger partial charge in [0.2, 0.25) is 5.71 Å². The second-order valence-corrected chi connectivity index (χ2v) is 12.0. The van der Waals surface area contributed by atoms with Crippen molar-refractivity contribution in [1.82, 2.24) is 15.0 Å². The Balaban J connectivity index is 1.15. The zero-order valence-corrected chi connectivity index (χ0v) is 25.2. The fourth-order valence-electron chi connectivity index (χ4n) is 7.20. The first kappa shape index (κ1) is 25.9. The summed E-state index contributed by atoms with van der Waals surface area (Å²) in [6.45, 7) is 0. The first-order valence-electron chi connectivity index (χ1n) is 15.8. The molecule has 0 saturated carbocycles. The molecule has 0 atom stereocenters. The average Bonchev–Trinajstić information content (AvgIpc) is 3.69. The summed E-state index contributed by atoms with van der Waals surface area (Å²) in [6.07, 6.45) is 1.80. The minimum Gasteiger partial charge on any atom is -0.438 e. The SMILES string of the molecule is c1ccc(-c2cc(-c3ccnc4oc5cc(-c6ccc7c8c(cccc68)-c6ccccc6-7)ccc5c34)nc(-c3ccccc3)n2)cc1. The second-order valence-electron chi connectivity index (χ2n) is 12.0. The van der Waals surface area contributed by atoms with Crippen LogP contribution in [-0.2, 0) is 0 Å². The molecule has 0 bridgehead atoms. The van der Waals surface area contributed by atoms with Crippen molar-refractivity contribution in [2.75, 3.05) is 0 Å². The molecule has 218 valence electrons. The number of aromatic nitrogens is 3. The highest BCUT2D eigenvalue weighted by molar-refractivity contribution is 6.19. The number of hydrogen-bond acceptors (Lipinski definition) is 4. The van der Waals surface area contributed by atoms with Crippen molar-refractivity contribution in [2.24, 2.45) is 0 Å². The molecule has 1 aliphatic rings. The highest BCUT2D eigenvalue weighted by atomic mass is 16.3. The van der Waals surface area contributed by atoms with Crippen molar-refractivity contribution in [1.29, 1.82) is 0 Å². The summed E-state index contributed by atoms with van der Waals surface area (Å²) < 4.78 is 6.47. The zero-order valence-electron chi connectivity index (χ0n) is 25.2. The van der Waals surface area contributed by atoms with Crippen LogP contribution in [0.1, 0.15) is 0 Å². The Kier molecular flexibility index (Phi) is 5.54. The first-order valence-corrected chi connectivity index (χ1v) is 15.8. The number of hydrogen-bond donors (Lipinski definition) is 0. The van der Waals surface area contributed by atoms with E-state index in [2.05, 4.69) is 96.0 Å². The third-order valence-electron chi connectivity index (χ3n) is 9.34. The summed E-state index contributed by atoms with van der Waals surface area (Å²) in [7, 11) is 0. The van der Waals surface area contributed by atoms with Crippen molar-refractivity contribution >= 4 is 32.8 Å². The van der Waals surface area contributed by atoms with Gasteiger partial charge in [0.05, 0.1) is 16.8 Å². The van der Waals surface area contributed by atoms with Crippen molar-refractivity contribution in [2.45, 2.75) is 0 Å². The number of benzene rings is 6. The van der Waals surface area contributed by atoms with Gasteiger partial charge in [0.1, 0.15) is 5.58 Å². The van der Waals surface area contributed by atoms with Crippen LogP contribution < -0.4 is 0 Å². The summed E-state index contributed by atoms with van der Waals surface area (Å²) in [5.41, 5.74) is 13.5. The van der Waals surface area contributed by atoms with Gasteiger partial charge in [-0.3, -0.25) is 0 Å². The fourth-order valence-corrected chi connectivity index (χ4v) is 7.20. The number of pyridine rings is 1. The first-order chi connectivity index (χ1) is 23.3. The molecule has 4 nitrogen and oxygen atoms in total. The molecule has 0 N–H and O–H groups in total. The molecule has 0 radical (unpaired) electrons. The Morgan fingerprint density at radius 1 is 0.404 bits per heavy atom. The molecule has 3 aromatic heterocycles. The van der Waals surface area contributed by atoms with Crippen LogP contribution in [-0.4, -0.2) is 15.0 Å². The van der Waals surface area contributed by atoms with Crippen molar-refractivity contribution in [3.05, 3.63) is 152 Å². The topological polar surface area (TPSA) is 51.8 Å². The second kappa shape index (κ2) is 10.1. The van der Waals surface area contributed by atoms with Crippen LogP contribution in [0, 0.1) is 0 Å². The van der Waals surface area contributed by atoms with Crippen molar-refractivity contribution in [3.63, 3.8) is 0 Å². The van der Waals surface area contributed by atoms with E-state index in [0.717, 1.165) is 50.0 Å². The highest BCUT2D eigenvalue weighted by Crippen LogP contribution is 2.49. The third-order valence-corrected chi connectivity index (χ3v) is 9.34. The minimum atomic E-state index is 0.589. The molecule has 0 saturated heterocycles. The standard InChI is InChI=1S/C43H25N3O/c1-3-10-26(11-4-1)37-25-38(46-42(45-37)27-12-5-2-6-13-27)35-22-23-44-43-41(35)36-19-18-28(24-39(36)47-43)29-20-21-34-31-15-8-7-14-30(31)33-17-9-16-32(29)40(33)34/h1-25H. The molecule has 0 amide bonds. The largest absolute Gasteiger partial charge is 0.438 e. The van der Waals surface area contributed by atoms with E-state index >= 15 is 0 Å². The number of furan rings is 1.